The van der Waals surface area contributed by atoms with Crippen molar-refractivity contribution in [2.24, 2.45) is 11.8 Å². The Morgan fingerprint density at radius 1 is 1.03 bits per heavy atom. The average molecular weight is 468 g/mol. The molecule has 2 atom stereocenters. The first-order valence-electron chi connectivity index (χ1n) is 12.1. The van der Waals surface area contributed by atoms with E-state index in [9.17, 15) is 9.59 Å². The largest absolute Gasteiger partial charge is 0.456 e. The summed E-state index contributed by atoms with van der Waals surface area (Å²) in [6.45, 7) is 6.33. The monoisotopic (exact) mass is 467 g/mol. The van der Waals surface area contributed by atoms with Crippen LogP contribution in [0.1, 0.15) is 81.1 Å². The van der Waals surface area contributed by atoms with E-state index in [1.165, 1.54) is 19.3 Å². The van der Waals surface area contributed by atoms with Crippen molar-refractivity contribution in [2.75, 3.05) is 6.54 Å². The number of rotatable bonds is 5. The Balaban J connectivity index is 1.64. The highest BCUT2D eigenvalue weighted by Gasteiger charge is 2.39. The molecule has 0 spiro atoms. The van der Waals surface area contributed by atoms with Crippen molar-refractivity contribution < 1.29 is 14.3 Å². The zero-order chi connectivity index (χ0) is 23.6. The topological polar surface area (TPSA) is 55.4 Å². The number of hydrogen-bond acceptors (Lipinski definition) is 3. The van der Waals surface area contributed by atoms with Gasteiger partial charge < -0.3 is 10.1 Å². The molecule has 0 bridgehead atoms. The van der Waals surface area contributed by atoms with E-state index in [1.54, 1.807) is 6.07 Å². The first-order valence-corrected chi connectivity index (χ1v) is 12.5. The molecule has 4 nitrogen and oxygen atoms in total. The van der Waals surface area contributed by atoms with Crippen LogP contribution < -0.4 is 5.32 Å². The quantitative estimate of drug-likeness (QED) is 0.494. The molecule has 1 heterocycles. The second-order valence-electron chi connectivity index (χ2n) is 10.4. The first-order chi connectivity index (χ1) is 15.7. The van der Waals surface area contributed by atoms with Crippen LogP contribution in [-0.2, 0) is 9.53 Å². The lowest BCUT2D eigenvalue weighted by atomic mass is 9.70. The van der Waals surface area contributed by atoms with E-state index in [0.717, 1.165) is 42.5 Å². The smallest absolute Gasteiger partial charge is 0.338 e. The zero-order valence-electron chi connectivity index (χ0n) is 19.8. The van der Waals surface area contributed by atoms with Crippen LogP contribution in [0.2, 0.25) is 5.02 Å². The summed E-state index contributed by atoms with van der Waals surface area (Å²) in [7, 11) is 0. The van der Waals surface area contributed by atoms with E-state index in [4.69, 9.17) is 16.3 Å². The maximum atomic E-state index is 12.6. The predicted octanol–water partition coefficient (Wildman–Crippen LogP) is 6.76. The minimum absolute atomic E-state index is 0.00746. The van der Waals surface area contributed by atoms with Crippen molar-refractivity contribution >= 4 is 23.5 Å². The number of amides is 1. The van der Waals surface area contributed by atoms with Gasteiger partial charge in [0.1, 0.15) is 5.60 Å². The third kappa shape index (κ3) is 5.60. The molecule has 2 unspecified atom stereocenters. The van der Waals surface area contributed by atoms with Gasteiger partial charge in [0.05, 0.1) is 5.56 Å². The normalized spacial score (nSPS) is 20.4. The molecule has 4 rings (SSSR count). The number of carbonyl (C=O) groups is 2. The molecule has 176 valence electrons. The second kappa shape index (κ2) is 9.89. The lowest BCUT2D eigenvalue weighted by Gasteiger charge is -2.34. The molecule has 1 amide bonds. The van der Waals surface area contributed by atoms with Crippen LogP contribution in [0.25, 0.3) is 11.1 Å². The van der Waals surface area contributed by atoms with Gasteiger partial charge in [-0.05, 0) is 86.8 Å². The molecule has 2 aromatic carbocycles. The summed E-state index contributed by atoms with van der Waals surface area (Å²) in [5, 5.41) is 3.72. The van der Waals surface area contributed by atoms with Crippen LogP contribution in [0.5, 0.6) is 0 Å². The molecule has 0 radical (unpaired) electrons. The van der Waals surface area contributed by atoms with Crippen LogP contribution in [0, 0.1) is 11.8 Å². The number of ether oxygens (including phenoxy) is 1. The fourth-order valence-electron chi connectivity index (χ4n) is 5.39. The minimum atomic E-state index is -0.543. The highest BCUT2D eigenvalue weighted by atomic mass is 35.5. The Labute approximate surface area is 202 Å². The zero-order valence-corrected chi connectivity index (χ0v) is 20.6. The summed E-state index contributed by atoms with van der Waals surface area (Å²) >= 11 is 6.89. The van der Waals surface area contributed by atoms with Crippen LogP contribution in [-0.4, -0.2) is 24.0 Å². The summed E-state index contributed by atoms with van der Waals surface area (Å²) < 4.78 is 5.52. The molecule has 2 aliphatic rings. The van der Waals surface area contributed by atoms with E-state index in [0.29, 0.717) is 16.5 Å². The van der Waals surface area contributed by atoms with Crippen molar-refractivity contribution in [1.82, 2.24) is 5.32 Å². The number of nitrogens with one attached hydrogen (secondary N) is 1. The fourth-order valence-corrected chi connectivity index (χ4v) is 5.69. The Bertz CT molecular complexity index is 1020. The van der Waals surface area contributed by atoms with E-state index in [-0.39, 0.29) is 23.7 Å². The standard InChI is InChI=1S/C28H34ClNO3/c1-28(2,3)33-27(32)21-11-7-10-19(16-21)20-12-13-22(24(29)17-20)25(18-8-5-4-6-9-18)23-14-15-30-26(23)31/h7,10-13,16-18,23,25H,4-6,8-9,14-15H2,1-3H3,(H,30,31). The average Bonchev–Trinajstić information content (AvgIpc) is 3.20. The third-order valence-electron chi connectivity index (χ3n) is 6.87. The molecular formula is C28H34ClNO3. The molecule has 1 saturated carbocycles. The minimum Gasteiger partial charge on any atom is -0.456 e. The second-order valence-corrected chi connectivity index (χ2v) is 10.8. The van der Waals surface area contributed by atoms with Crippen LogP contribution in [0.15, 0.2) is 42.5 Å². The van der Waals surface area contributed by atoms with Gasteiger partial charge in [-0.25, -0.2) is 4.79 Å². The van der Waals surface area contributed by atoms with Gasteiger partial charge in [0.2, 0.25) is 5.91 Å². The van der Waals surface area contributed by atoms with Crippen LogP contribution in [0.4, 0.5) is 0 Å². The molecule has 0 aromatic heterocycles. The Morgan fingerprint density at radius 2 is 1.76 bits per heavy atom. The number of esters is 1. The van der Waals surface area contributed by atoms with Crippen LogP contribution in [0.3, 0.4) is 0 Å². The maximum absolute atomic E-state index is 12.6. The summed E-state index contributed by atoms with van der Waals surface area (Å²) in [6.07, 6.45) is 6.91. The van der Waals surface area contributed by atoms with Crippen molar-refractivity contribution in [3.8, 4) is 11.1 Å². The van der Waals surface area contributed by atoms with Gasteiger partial charge >= 0.3 is 5.97 Å². The summed E-state index contributed by atoms with van der Waals surface area (Å²) in [5.41, 5.74) is 2.92. The van der Waals surface area contributed by atoms with Crippen molar-refractivity contribution in [1.29, 1.82) is 0 Å². The van der Waals surface area contributed by atoms with E-state index < -0.39 is 5.60 Å². The molecule has 1 saturated heterocycles. The van der Waals surface area contributed by atoms with E-state index in [2.05, 4.69) is 17.4 Å². The van der Waals surface area contributed by atoms with Gasteiger partial charge in [-0.2, -0.15) is 0 Å². The Hall–Kier alpha value is -2.33. The van der Waals surface area contributed by atoms with Gasteiger partial charge in [0.15, 0.2) is 0 Å². The van der Waals surface area contributed by atoms with Crippen molar-refractivity contribution in [3.63, 3.8) is 0 Å². The number of hydrogen-bond donors (Lipinski definition) is 1. The SMILES string of the molecule is CC(C)(C)OC(=O)c1cccc(-c2ccc(C(C3CCCCC3)C3CCNC3=O)c(Cl)c2)c1. The Kier molecular flexibility index (Phi) is 7.13. The highest BCUT2D eigenvalue weighted by molar-refractivity contribution is 6.31. The van der Waals surface area contributed by atoms with Crippen molar-refractivity contribution in [2.45, 2.75) is 70.8 Å². The lowest BCUT2D eigenvalue weighted by molar-refractivity contribution is -0.123. The maximum Gasteiger partial charge on any atom is 0.338 e. The van der Waals surface area contributed by atoms with Crippen LogP contribution >= 0.6 is 11.6 Å². The molecule has 1 N–H and O–H groups in total. The molecule has 1 aliphatic carbocycles. The first kappa shape index (κ1) is 23.8. The lowest BCUT2D eigenvalue weighted by Crippen LogP contribution is -2.29. The van der Waals surface area contributed by atoms with E-state index >= 15 is 0 Å². The predicted molar refractivity (Wildman–Crippen MR) is 132 cm³/mol. The van der Waals surface area contributed by atoms with Gasteiger partial charge in [-0.3, -0.25) is 4.79 Å². The van der Waals surface area contributed by atoms with Gasteiger partial charge in [-0.15, -0.1) is 0 Å². The summed E-state index contributed by atoms with van der Waals surface area (Å²) in [5.74, 6) is 0.466. The molecule has 1 aliphatic heterocycles. The fraction of sp³-hybridized carbons (Fsp3) is 0.500. The number of halogens is 1. The summed E-state index contributed by atoms with van der Waals surface area (Å²) in [6, 6.07) is 13.6. The molecule has 2 aromatic rings. The van der Waals surface area contributed by atoms with Gasteiger partial charge in [0, 0.05) is 17.5 Å². The van der Waals surface area contributed by atoms with Gasteiger partial charge in [0.25, 0.3) is 0 Å². The number of carbonyl (C=O) groups excluding carboxylic acids is 2. The highest BCUT2D eigenvalue weighted by Crippen LogP contribution is 2.45. The molecule has 2 fully saturated rings. The van der Waals surface area contributed by atoms with Gasteiger partial charge in [-0.1, -0.05) is 55.1 Å². The van der Waals surface area contributed by atoms with Crippen molar-refractivity contribution in [3.05, 3.63) is 58.6 Å². The molecule has 33 heavy (non-hydrogen) atoms. The Morgan fingerprint density at radius 3 is 2.39 bits per heavy atom. The molecule has 5 heteroatoms. The third-order valence-corrected chi connectivity index (χ3v) is 7.20. The summed E-state index contributed by atoms with van der Waals surface area (Å²) in [4.78, 5) is 25.2. The van der Waals surface area contributed by atoms with E-state index in [1.807, 2.05) is 45.0 Å². The molecular weight excluding hydrogens is 434 g/mol. The number of benzene rings is 2.